The zero-order valence-electron chi connectivity index (χ0n) is 10.2. The van der Waals surface area contributed by atoms with E-state index in [1.54, 1.807) is 0 Å². The van der Waals surface area contributed by atoms with Gasteiger partial charge in [0.1, 0.15) is 11.6 Å². The highest BCUT2D eigenvalue weighted by molar-refractivity contribution is 7.85. The third kappa shape index (κ3) is 4.44. The fourth-order valence-electron chi connectivity index (χ4n) is 1.31. The quantitative estimate of drug-likeness (QED) is 0.608. The summed E-state index contributed by atoms with van der Waals surface area (Å²) in [5.41, 5.74) is 5.32. The predicted octanol–water partition coefficient (Wildman–Crippen LogP) is 1.43. The van der Waals surface area contributed by atoms with Crippen LogP contribution in [0.3, 0.4) is 0 Å². The van der Waals surface area contributed by atoms with Crippen LogP contribution < -0.4 is 11.1 Å². The molecule has 1 aromatic carbocycles. The number of hydrogen-bond acceptors (Lipinski definition) is 3. The lowest BCUT2D eigenvalue weighted by molar-refractivity contribution is -0.118. The van der Waals surface area contributed by atoms with Gasteiger partial charge in [-0.1, -0.05) is 13.3 Å². The van der Waals surface area contributed by atoms with E-state index in [0.29, 0.717) is 6.54 Å². The van der Waals surface area contributed by atoms with Crippen LogP contribution in [0.5, 0.6) is 0 Å². The van der Waals surface area contributed by atoms with Crippen molar-refractivity contribution in [3.8, 4) is 0 Å². The number of nitrogens with two attached hydrogens (primary N) is 1. The zero-order valence-corrected chi connectivity index (χ0v) is 11.1. The normalized spacial score (nSPS) is 12.1. The Balaban J connectivity index is 2.54. The highest BCUT2D eigenvalue weighted by Crippen LogP contribution is 2.14. The van der Waals surface area contributed by atoms with E-state index < -0.39 is 16.6 Å². The van der Waals surface area contributed by atoms with E-state index in [9.17, 15) is 13.4 Å². The van der Waals surface area contributed by atoms with Gasteiger partial charge in [0.05, 0.1) is 16.5 Å². The number of unbranched alkanes of at least 4 members (excludes halogenated alkanes) is 1. The number of anilines is 1. The molecule has 1 atom stereocenters. The molecule has 0 bridgehead atoms. The van der Waals surface area contributed by atoms with Crippen molar-refractivity contribution in [2.75, 3.05) is 18.0 Å². The van der Waals surface area contributed by atoms with Crippen molar-refractivity contribution in [3.63, 3.8) is 0 Å². The molecule has 0 radical (unpaired) electrons. The van der Waals surface area contributed by atoms with Crippen molar-refractivity contribution < 1.29 is 13.4 Å². The summed E-state index contributed by atoms with van der Waals surface area (Å²) in [4.78, 5) is 11.7. The van der Waals surface area contributed by atoms with Crippen LogP contribution in [-0.2, 0) is 15.6 Å². The Morgan fingerprint density at radius 3 is 2.83 bits per heavy atom. The van der Waals surface area contributed by atoms with Crippen LogP contribution in [0.1, 0.15) is 19.8 Å². The molecule has 0 aliphatic carbocycles. The molecule has 0 fully saturated rings. The first-order valence-electron chi connectivity index (χ1n) is 5.74. The monoisotopic (exact) mass is 272 g/mol. The van der Waals surface area contributed by atoms with Crippen molar-refractivity contribution in [2.24, 2.45) is 0 Å². The van der Waals surface area contributed by atoms with E-state index in [2.05, 4.69) is 5.32 Å². The molecule has 18 heavy (non-hydrogen) atoms. The summed E-state index contributed by atoms with van der Waals surface area (Å²) < 4.78 is 25.0. The number of amides is 1. The molecule has 6 heteroatoms. The number of benzene rings is 1. The van der Waals surface area contributed by atoms with E-state index >= 15 is 0 Å². The molecule has 0 heterocycles. The summed E-state index contributed by atoms with van der Waals surface area (Å²) >= 11 is 0. The minimum Gasteiger partial charge on any atom is -0.396 e. The lowest BCUT2D eigenvalue weighted by Crippen LogP contribution is -2.29. The average Bonchev–Trinajstić information content (AvgIpc) is 2.33. The van der Waals surface area contributed by atoms with Gasteiger partial charge in [0.15, 0.2) is 0 Å². The van der Waals surface area contributed by atoms with E-state index in [1.807, 2.05) is 6.92 Å². The molecule has 1 amide bonds. The summed E-state index contributed by atoms with van der Waals surface area (Å²) in [5, 5.41) is 2.66. The summed E-state index contributed by atoms with van der Waals surface area (Å²) in [6.07, 6.45) is 1.86. The number of nitrogen functional groups attached to an aromatic ring is 1. The maximum Gasteiger partial charge on any atom is 0.232 e. The van der Waals surface area contributed by atoms with Crippen molar-refractivity contribution >= 4 is 22.4 Å². The van der Waals surface area contributed by atoms with E-state index in [1.165, 1.54) is 12.1 Å². The molecule has 100 valence electrons. The van der Waals surface area contributed by atoms with Crippen LogP contribution in [0.25, 0.3) is 0 Å². The molecule has 3 N–H and O–H groups in total. The van der Waals surface area contributed by atoms with Gasteiger partial charge in [0.2, 0.25) is 5.91 Å². The van der Waals surface area contributed by atoms with Crippen molar-refractivity contribution in [1.82, 2.24) is 5.32 Å². The topological polar surface area (TPSA) is 72.2 Å². The molecule has 1 aromatic rings. The third-order valence-corrected chi connectivity index (χ3v) is 3.65. The van der Waals surface area contributed by atoms with Crippen molar-refractivity contribution in [1.29, 1.82) is 0 Å². The molecule has 1 rings (SSSR count). The largest absolute Gasteiger partial charge is 0.396 e. The van der Waals surface area contributed by atoms with E-state index in [-0.39, 0.29) is 22.2 Å². The lowest BCUT2D eigenvalue weighted by atomic mass is 10.3. The molecular weight excluding hydrogens is 255 g/mol. The van der Waals surface area contributed by atoms with Crippen LogP contribution in [0, 0.1) is 5.82 Å². The van der Waals surface area contributed by atoms with Gasteiger partial charge in [-0.15, -0.1) is 0 Å². The lowest BCUT2D eigenvalue weighted by Gasteiger charge is -2.05. The molecule has 0 aromatic heterocycles. The summed E-state index contributed by atoms with van der Waals surface area (Å²) in [7, 11) is -1.55. The first-order valence-corrected chi connectivity index (χ1v) is 7.06. The van der Waals surface area contributed by atoms with Gasteiger partial charge in [0, 0.05) is 11.4 Å². The molecular formula is C12H17FN2O2S. The van der Waals surface area contributed by atoms with Gasteiger partial charge in [-0.3, -0.25) is 9.00 Å². The van der Waals surface area contributed by atoms with Gasteiger partial charge in [-0.2, -0.15) is 0 Å². The molecule has 4 nitrogen and oxygen atoms in total. The number of carbonyl (C=O) groups is 1. The van der Waals surface area contributed by atoms with Gasteiger partial charge < -0.3 is 11.1 Å². The van der Waals surface area contributed by atoms with E-state index in [4.69, 9.17) is 5.73 Å². The highest BCUT2D eigenvalue weighted by atomic mass is 32.2. The fourth-order valence-corrected chi connectivity index (χ4v) is 2.27. The minimum atomic E-state index is -1.55. The maximum atomic E-state index is 13.2. The standard InChI is InChI=1S/C12H17FN2O2S/c1-2-3-6-15-12(16)8-18(17)9-4-5-11(14)10(13)7-9/h4-5,7H,2-3,6,8,14H2,1H3,(H,15,16). The predicted molar refractivity (Wildman–Crippen MR) is 70.0 cm³/mol. The number of nitrogens with one attached hydrogen (secondary N) is 1. The van der Waals surface area contributed by atoms with Gasteiger partial charge in [0.25, 0.3) is 0 Å². The fraction of sp³-hybridized carbons (Fsp3) is 0.417. The highest BCUT2D eigenvalue weighted by Gasteiger charge is 2.11. The van der Waals surface area contributed by atoms with Crippen LogP contribution in [0.15, 0.2) is 23.1 Å². The van der Waals surface area contributed by atoms with Crippen LogP contribution >= 0.6 is 0 Å². The maximum absolute atomic E-state index is 13.2. The Bertz CT molecular complexity index is 452. The van der Waals surface area contributed by atoms with Crippen LogP contribution in [0.2, 0.25) is 0 Å². The Kier molecular flexibility index (Phi) is 5.77. The minimum absolute atomic E-state index is 0.00291. The Morgan fingerprint density at radius 1 is 1.50 bits per heavy atom. The molecule has 0 spiro atoms. The second kappa shape index (κ2) is 7.10. The molecule has 0 aliphatic heterocycles. The van der Waals surface area contributed by atoms with Crippen LogP contribution in [0.4, 0.5) is 10.1 Å². The molecule has 0 aliphatic rings. The first-order chi connectivity index (χ1) is 8.54. The van der Waals surface area contributed by atoms with Crippen molar-refractivity contribution in [2.45, 2.75) is 24.7 Å². The second-order valence-corrected chi connectivity index (χ2v) is 5.33. The Labute approximate surface area is 108 Å². The summed E-state index contributed by atoms with van der Waals surface area (Å²) in [5.74, 6) is -1.07. The molecule has 1 unspecified atom stereocenters. The zero-order chi connectivity index (χ0) is 13.5. The second-order valence-electron chi connectivity index (χ2n) is 3.88. The van der Waals surface area contributed by atoms with Crippen LogP contribution in [-0.4, -0.2) is 22.4 Å². The Morgan fingerprint density at radius 2 is 2.22 bits per heavy atom. The van der Waals surface area contributed by atoms with Gasteiger partial charge in [-0.25, -0.2) is 4.39 Å². The summed E-state index contributed by atoms with van der Waals surface area (Å²) in [6, 6.07) is 3.91. The van der Waals surface area contributed by atoms with E-state index in [0.717, 1.165) is 18.9 Å². The SMILES string of the molecule is CCCCNC(=O)CS(=O)c1ccc(N)c(F)c1. The van der Waals surface area contributed by atoms with Gasteiger partial charge in [-0.05, 0) is 24.6 Å². The number of rotatable bonds is 6. The number of hydrogen-bond donors (Lipinski definition) is 2. The van der Waals surface area contributed by atoms with Crippen molar-refractivity contribution in [3.05, 3.63) is 24.0 Å². The summed E-state index contributed by atoms with van der Waals surface area (Å²) in [6.45, 7) is 2.59. The molecule has 0 saturated heterocycles. The Hall–Kier alpha value is -1.43. The first kappa shape index (κ1) is 14.6. The third-order valence-electron chi connectivity index (χ3n) is 2.35. The number of carbonyl (C=O) groups excluding carboxylic acids is 1. The number of halogens is 1. The van der Waals surface area contributed by atoms with Gasteiger partial charge >= 0.3 is 0 Å². The smallest absolute Gasteiger partial charge is 0.232 e. The average molecular weight is 272 g/mol. The molecule has 0 saturated carbocycles.